The number of nitrogens with one attached hydrogen (secondary N) is 1. The van der Waals surface area contributed by atoms with E-state index in [1.54, 1.807) is 0 Å². The second kappa shape index (κ2) is 7.22. The smallest absolute Gasteiger partial charge is 0.239 e. The Labute approximate surface area is 116 Å². The van der Waals surface area contributed by atoms with Crippen LogP contribution in [0.5, 0.6) is 0 Å². The molecule has 1 amide bonds. The lowest BCUT2D eigenvalue weighted by Gasteiger charge is -2.32. The van der Waals surface area contributed by atoms with Crippen molar-refractivity contribution in [2.24, 2.45) is 5.92 Å². The van der Waals surface area contributed by atoms with E-state index in [0.29, 0.717) is 13.2 Å². The number of carbonyl (C=O) groups excluding carboxylic acids is 1. The Kier molecular flexibility index (Phi) is 5.60. The van der Waals surface area contributed by atoms with Gasteiger partial charge in [0.25, 0.3) is 0 Å². The molecule has 0 aromatic heterocycles. The molecule has 1 N–H and O–H groups in total. The van der Waals surface area contributed by atoms with Crippen LogP contribution in [0.1, 0.15) is 19.8 Å². The van der Waals surface area contributed by atoms with E-state index < -0.39 is 0 Å². The Bertz CT molecular complexity index is 284. The molecule has 5 nitrogen and oxygen atoms in total. The number of piperidine rings is 1. The van der Waals surface area contributed by atoms with Gasteiger partial charge in [-0.25, -0.2) is 0 Å². The molecule has 0 spiro atoms. The predicted molar refractivity (Wildman–Crippen MR) is 75.1 cm³/mol. The van der Waals surface area contributed by atoms with Gasteiger partial charge in [0.15, 0.2) is 0 Å². The van der Waals surface area contributed by atoms with Crippen molar-refractivity contribution in [2.45, 2.75) is 25.8 Å². The Morgan fingerprint density at radius 1 is 1.26 bits per heavy atom. The normalized spacial score (nSPS) is 24.4. The van der Waals surface area contributed by atoms with Gasteiger partial charge in [-0.2, -0.15) is 0 Å². The minimum atomic E-state index is -0.0715. The van der Waals surface area contributed by atoms with Gasteiger partial charge in [-0.3, -0.25) is 4.79 Å². The average Bonchev–Trinajstić information content (AvgIpc) is 2.46. The lowest BCUT2D eigenvalue weighted by Crippen LogP contribution is -2.50. The highest BCUT2D eigenvalue weighted by Crippen LogP contribution is 2.15. The Hall–Kier alpha value is -0.650. The van der Waals surface area contributed by atoms with Crippen LogP contribution < -0.4 is 5.32 Å². The Balaban J connectivity index is 1.68. The summed E-state index contributed by atoms with van der Waals surface area (Å²) in [5.41, 5.74) is 0. The fourth-order valence-electron chi connectivity index (χ4n) is 2.75. The molecular formula is C14H27N3O2. The summed E-state index contributed by atoms with van der Waals surface area (Å²) in [4.78, 5) is 16.5. The number of likely N-dealkylation sites (tertiary alicyclic amines) is 1. The third kappa shape index (κ3) is 4.44. The molecule has 0 radical (unpaired) electrons. The topological polar surface area (TPSA) is 44.8 Å². The zero-order valence-electron chi connectivity index (χ0n) is 12.2. The lowest BCUT2D eigenvalue weighted by atomic mass is 9.97. The molecule has 2 aliphatic rings. The summed E-state index contributed by atoms with van der Waals surface area (Å²) in [6, 6.07) is -0.0715. The molecule has 2 heterocycles. The molecule has 0 saturated carbocycles. The SMILES string of the molecule is CC(NCC1CCN(C)CC1)C(=O)N1CCOCC1. The molecule has 0 aromatic rings. The van der Waals surface area contributed by atoms with Crippen molar-refractivity contribution < 1.29 is 9.53 Å². The largest absolute Gasteiger partial charge is 0.378 e. The number of carbonyl (C=O) groups is 1. The fourth-order valence-corrected chi connectivity index (χ4v) is 2.75. The Morgan fingerprint density at radius 2 is 1.89 bits per heavy atom. The molecule has 2 saturated heterocycles. The maximum atomic E-state index is 12.2. The Morgan fingerprint density at radius 3 is 2.53 bits per heavy atom. The summed E-state index contributed by atoms with van der Waals surface area (Å²) in [6.07, 6.45) is 2.48. The molecule has 0 aromatic carbocycles. The molecule has 2 rings (SSSR count). The van der Waals surface area contributed by atoms with Crippen molar-refractivity contribution in [1.82, 2.24) is 15.1 Å². The van der Waals surface area contributed by atoms with Gasteiger partial charge in [-0.05, 0) is 52.4 Å². The first kappa shape index (κ1) is 14.8. The second-order valence-corrected chi connectivity index (χ2v) is 5.81. The van der Waals surface area contributed by atoms with Crippen molar-refractivity contribution in [1.29, 1.82) is 0 Å². The zero-order chi connectivity index (χ0) is 13.7. The summed E-state index contributed by atoms with van der Waals surface area (Å²) in [5.74, 6) is 0.937. The van der Waals surface area contributed by atoms with E-state index in [0.717, 1.165) is 25.6 Å². The van der Waals surface area contributed by atoms with Gasteiger partial charge in [0, 0.05) is 13.1 Å². The second-order valence-electron chi connectivity index (χ2n) is 5.81. The van der Waals surface area contributed by atoms with Crippen LogP contribution in [-0.4, -0.2) is 74.7 Å². The molecule has 0 bridgehead atoms. The van der Waals surface area contributed by atoms with E-state index in [-0.39, 0.29) is 11.9 Å². The predicted octanol–water partition coefficient (Wildman–Crippen LogP) is 0.165. The summed E-state index contributed by atoms with van der Waals surface area (Å²) < 4.78 is 5.28. The molecule has 0 aliphatic carbocycles. The third-order valence-electron chi connectivity index (χ3n) is 4.24. The third-order valence-corrected chi connectivity index (χ3v) is 4.24. The van der Waals surface area contributed by atoms with E-state index in [4.69, 9.17) is 4.74 Å². The number of amides is 1. The minimum absolute atomic E-state index is 0.0715. The maximum absolute atomic E-state index is 12.2. The molecule has 110 valence electrons. The first-order chi connectivity index (χ1) is 9.16. The number of hydrogen-bond acceptors (Lipinski definition) is 4. The lowest BCUT2D eigenvalue weighted by molar-refractivity contribution is -0.137. The van der Waals surface area contributed by atoms with Gasteiger partial charge in [0.1, 0.15) is 0 Å². The van der Waals surface area contributed by atoms with Crippen LogP contribution in [0.3, 0.4) is 0 Å². The van der Waals surface area contributed by atoms with Crippen LogP contribution in [0.15, 0.2) is 0 Å². The molecule has 5 heteroatoms. The quantitative estimate of drug-likeness (QED) is 0.790. The van der Waals surface area contributed by atoms with E-state index in [2.05, 4.69) is 17.3 Å². The van der Waals surface area contributed by atoms with E-state index in [1.807, 2.05) is 11.8 Å². The number of hydrogen-bond donors (Lipinski definition) is 1. The highest BCUT2D eigenvalue weighted by atomic mass is 16.5. The molecule has 2 fully saturated rings. The average molecular weight is 269 g/mol. The molecule has 1 unspecified atom stereocenters. The van der Waals surface area contributed by atoms with Crippen molar-refractivity contribution in [3.8, 4) is 0 Å². The first-order valence-corrected chi connectivity index (χ1v) is 7.45. The van der Waals surface area contributed by atoms with Gasteiger partial charge in [0.05, 0.1) is 19.3 Å². The monoisotopic (exact) mass is 269 g/mol. The highest BCUT2D eigenvalue weighted by molar-refractivity contribution is 5.81. The number of nitrogens with zero attached hydrogens (tertiary/aromatic N) is 2. The van der Waals surface area contributed by atoms with E-state index >= 15 is 0 Å². The van der Waals surface area contributed by atoms with Crippen molar-refractivity contribution in [3.63, 3.8) is 0 Å². The molecule has 1 atom stereocenters. The highest BCUT2D eigenvalue weighted by Gasteiger charge is 2.23. The summed E-state index contributed by atoms with van der Waals surface area (Å²) in [6.45, 7) is 8.12. The van der Waals surface area contributed by atoms with Crippen LogP contribution in [0, 0.1) is 5.92 Å². The fraction of sp³-hybridized carbons (Fsp3) is 0.929. The van der Waals surface area contributed by atoms with Crippen molar-refractivity contribution >= 4 is 5.91 Å². The molecular weight excluding hydrogens is 242 g/mol. The summed E-state index contributed by atoms with van der Waals surface area (Å²) in [7, 11) is 2.17. The van der Waals surface area contributed by atoms with Crippen molar-refractivity contribution in [2.75, 3.05) is 53.0 Å². The number of morpholine rings is 1. The van der Waals surface area contributed by atoms with E-state index in [9.17, 15) is 4.79 Å². The first-order valence-electron chi connectivity index (χ1n) is 7.45. The van der Waals surface area contributed by atoms with Crippen LogP contribution >= 0.6 is 0 Å². The van der Waals surface area contributed by atoms with Gasteiger partial charge in [-0.15, -0.1) is 0 Å². The standard InChI is InChI=1S/C14H27N3O2/c1-12(14(18)17-7-9-19-10-8-17)15-11-13-3-5-16(2)6-4-13/h12-13,15H,3-11H2,1-2H3. The van der Waals surface area contributed by atoms with Gasteiger partial charge >= 0.3 is 0 Å². The van der Waals surface area contributed by atoms with Gasteiger partial charge in [-0.1, -0.05) is 0 Å². The zero-order valence-corrected chi connectivity index (χ0v) is 12.2. The van der Waals surface area contributed by atoms with Gasteiger partial charge < -0.3 is 19.9 Å². The van der Waals surface area contributed by atoms with Gasteiger partial charge in [0.2, 0.25) is 5.91 Å². The van der Waals surface area contributed by atoms with Crippen LogP contribution in [-0.2, 0) is 9.53 Å². The van der Waals surface area contributed by atoms with E-state index in [1.165, 1.54) is 25.9 Å². The van der Waals surface area contributed by atoms with Crippen LogP contribution in [0.25, 0.3) is 0 Å². The summed E-state index contributed by atoms with van der Waals surface area (Å²) >= 11 is 0. The number of ether oxygens (including phenoxy) is 1. The number of rotatable bonds is 4. The molecule has 2 aliphatic heterocycles. The van der Waals surface area contributed by atoms with Crippen molar-refractivity contribution in [3.05, 3.63) is 0 Å². The van der Waals surface area contributed by atoms with Crippen LogP contribution in [0.4, 0.5) is 0 Å². The minimum Gasteiger partial charge on any atom is -0.378 e. The molecule has 19 heavy (non-hydrogen) atoms. The maximum Gasteiger partial charge on any atom is 0.239 e. The van der Waals surface area contributed by atoms with Crippen LogP contribution in [0.2, 0.25) is 0 Å². The summed E-state index contributed by atoms with van der Waals surface area (Å²) in [5, 5.41) is 3.41.